The maximum atomic E-state index is 11.3. The maximum Gasteiger partial charge on any atom is 0.337 e. The molecule has 0 unspecified atom stereocenters. The van der Waals surface area contributed by atoms with Gasteiger partial charge in [0.15, 0.2) is 0 Å². The summed E-state index contributed by atoms with van der Waals surface area (Å²) in [4.78, 5) is 16.1. The molecule has 0 saturated carbocycles. The summed E-state index contributed by atoms with van der Waals surface area (Å²) in [6.07, 6.45) is 2.13. The molecule has 1 saturated heterocycles. The Kier molecular flexibility index (Phi) is 3.92. The van der Waals surface area contributed by atoms with E-state index < -0.39 is 5.97 Å². The van der Waals surface area contributed by atoms with Gasteiger partial charge >= 0.3 is 5.97 Å². The molecule has 19 heavy (non-hydrogen) atoms. The average molecular weight is 260 g/mol. The Morgan fingerprint density at radius 3 is 2.74 bits per heavy atom. The highest BCUT2D eigenvalue weighted by molar-refractivity contribution is 5.95. The van der Waals surface area contributed by atoms with E-state index in [4.69, 9.17) is 5.53 Å². The van der Waals surface area contributed by atoms with E-state index in [9.17, 15) is 9.90 Å². The molecule has 0 radical (unpaired) electrons. The van der Waals surface area contributed by atoms with E-state index in [2.05, 4.69) is 21.8 Å². The first kappa shape index (κ1) is 13.2. The number of carbonyl (C=O) groups is 1. The van der Waals surface area contributed by atoms with Gasteiger partial charge in [0.25, 0.3) is 0 Å². The second-order valence-electron chi connectivity index (χ2n) is 4.87. The van der Waals surface area contributed by atoms with E-state index >= 15 is 0 Å². The Morgan fingerprint density at radius 1 is 1.47 bits per heavy atom. The van der Waals surface area contributed by atoms with E-state index in [-0.39, 0.29) is 5.56 Å². The van der Waals surface area contributed by atoms with Gasteiger partial charge in [0.2, 0.25) is 0 Å². The number of carboxylic acids is 1. The lowest BCUT2D eigenvalue weighted by Gasteiger charge is -2.33. The van der Waals surface area contributed by atoms with Crippen LogP contribution in [0.5, 0.6) is 0 Å². The number of hydrogen-bond acceptors (Lipinski definition) is 3. The zero-order chi connectivity index (χ0) is 13.8. The molecule has 0 spiro atoms. The van der Waals surface area contributed by atoms with Crippen LogP contribution in [0.2, 0.25) is 0 Å². The lowest BCUT2D eigenvalue weighted by atomic mass is 9.98. The van der Waals surface area contributed by atoms with Crippen LogP contribution in [0, 0.1) is 5.92 Å². The number of rotatable bonds is 3. The molecule has 1 N–H and O–H groups in total. The van der Waals surface area contributed by atoms with Gasteiger partial charge in [-0.05, 0) is 36.4 Å². The summed E-state index contributed by atoms with van der Waals surface area (Å²) in [6.45, 7) is 3.94. The second kappa shape index (κ2) is 5.63. The van der Waals surface area contributed by atoms with Crippen molar-refractivity contribution in [3.05, 3.63) is 34.2 Å². The molecule has 0 aliphatic carbocycles. The number of piperidine rings is 1. The molecule has 1 heterocycles. The molecule has 0 amide bonds. The predicted octanol–water partition coefficient (Wildman–Crippen LogP) is 3.56. The molecule has 1 fully saturated rings. The standard InChI is InChI=1S/C13H16N4O2/c1-9-4-6-17(7-5-9)12-3-2-10(15-16-14)8-11(12)13(18)19/h2-3,8-9H,4-7H2,1H3,(H,18,19). The summed E-state index contributed by atoms with van der Waals surface area (Å²) in [5, 5.41) is 12.7. The first-order valence-corrected chi connectivity index (χ1v) is 6.29. The van der Waals surface area contributed by atoms with Crippen LogP contribution in [0.25, 0.3) is 10.4 Å². The Morgan fingerprint density at radius 2 is 2.16 bits per heavy atom. The first-order valence-electron chi connectivity index (χ1n) is 6.29. The summed E-state index contributed by atoms with van der Waals surface area (Å²) >= 11 is 0. The molecule has 100 valence electrons. The number of azide groups is 1. The molecule has 1 aromatic rings. The van der Waals surface area contributed by atoms with E-state index in [0.29, 0.717) is 17.3 Å². The highest BCUT2D eigenvalue weighted by atomic mass is 16.4. The van der Waals surface area contributed by atoms with Crippen molar-refractivity contribution in [1.29, 1.82) is 0 Å². The number of benzene rings is 1. The molecule has 0 atom stereocenters. The van der Waals surface area contributed by atoms with Gasteiger partial charge in [-0.1, -0.05) is 18.1 Å². The van der Waals surface area contributed by atoms with Crippen LogP contribution in [-0.2, 0) is 0 Å². The molecule has 1 aliphatic rings. The van der Waals surface area contributed by atoms with Crippen LogP contribution >= 0.6 is 0 Å². The van der Waals surface area contributed by atoms with Crippen LogP contribution in [0.4, 0.5) is 11.4 Å². The van der Waals surface area contributed by atoms with E-state index in [1.165, 1.54) is 6.07 Å². The molecule has 1 aliphatic heterocycles. The highest BCUT2D eigenvalue weighted by Gasteiger charge is 2.20. The van der Waals surface area contributed by atoms with E-state index in [1.54, 1.807) is 12.1 Å². The Balaban J connectivity index is 2.34. The van der Waals surface area contributed by atoms with Crippen molar-refractivity contribution in [1.82, 2.24) is 0 Å². The summed E-state index contributed by atoms with van der Waals surface area (Å²) in [6, 6.07) is 4.80. The number of carboxylic acid groups (broad SMARTS) is 1. The Bertz CT molecular complexity index is 529. The molecule has 0 aromatic heterocycles. The van der Waals surface area contributed by atoms with Crippen molar-refractivity contribution >= 4 is 17.3 Å². The SMILES string of the molecule is CC1CCN(c2ccc(N=[N+]=[N-])cc2C(=O)O)CC1. The maximum absolute atomic E-state index is 11.3. The topological polar surface area (TPSA) is 89.3 Å². The highest BCUT2D eigenvalue weighted by Crippen LogP contribution is 2.29. The first-order chi connectivity index (χ1) is 9.11. The molecule has 1 aromatic carbocycles. The summed E-state index contributed by atoms with van der Waals surface area (Å²) < 4.78 is 0. The predicted molar refractivity (Wildman–Crippen MR) is 72.8 cm³/mol. The second-order valence-corrected chi connectivity index (χ2v) is 4.87. The van der Waals surface area contributed by atoms with Gasteiger partial charge in [-0.2, -0.15) is 0 Å². The van der Waals surface area contributed by atoms with Crippen molar-refractivity contribution < 1.29 is 9.90 Å². The fourth-order valence-corrected chi connectivity index (χ4v) is 2.33. The minimum Gasteiger partial charge on any atom is -0.478 e. The monoisotopic (exact) mass is 260 g/mol. The smallest absolute Gasteiger partial charge is 0.337 e. The Labute approximate surface area is 111 Å². The summed E-state index contributed by atoms with van der Waals surface area (Å²) in [5.41, 5.74) is 9.62. The summed E-state index contributed by atoms with van der Waals surface area (Å²) in [5.74, 6) is -0.310. The number of aromatic carboxylic acids is 1. The zero-order valence-corrected chi connectivity index (χ0v) is 10.8. The van der Waals surface area contributed by atoms with Crippen LogP contribution < -0.4 is 4.90 Å². The quantitative estimate of drug-likeness (QED) is 0.511. The third-order valence-corrected chi connectivity index (χ3v) is 3.50. The van der Waals surface area contributed by atoms with Gasteiger partial charge in [0, 0.05) is 23.7 Å². The molecule has 6 nitrogen and oxygen atoms in total. The summed E-state index contributed by atoms with van der Waals surface area (Å²) in [7, 11) is 0. The van der Waals surface area contributed by atoms with Crippen LogP contribution in [0.1, 0.15) is 30.1 Å². The van der Waals surface area contributed by atoms with E-state index in [1.807, 2.05) is 0 Å². The lowest BCUT2D eigenvalue weighted by molar-refractivity contribution is 0.0697. The third kappa shape index (κ3) is 2.98. The van der Waals surface area contributed by atoms with Gasteiger partial charge in [-0.15, -0.1) is 0 Å². The molecule has 2 rings (SSSR count). The number of hydrogen-bond donors (Lipinski definition) is 1. The van der Waals surface area contributed by atoms with Gasteiger partial charge in [0.05, 0.1) is 11.3 Å². The molecular formula is C13H16N4O2. The fraction of sp³-hybridized carbons (Fsp3) is 0.462. The molecule has 6 heteroatoms. The lowest BCUT2D eigenvalue weighted by Crippen LogP contribution is -2.33. The number of nitrogens with zero attached hydrogens (tertiary/aromatic N) is 4. The average Bonchev–Trinajstić information content (AvgIpc) is 2.40. The minimum atomic E-state index is -0.997. The normalized spacial score (nSPS) is 15.9. The third-order valence-electron chi connectivity index (χ3n) is 3.50. The van der Waals surface area contributed by atoms with E-state index in [0.717, 1.165) is 25.9 Å². The molecule has 0 bridgehead atoms. The van der Waals surface area contributed by atoms with Gasteiger partial charge in [-0.3, -0.25) is 0 Å². The van der Waals surface area contributed by atoms with Gasteiger partial charge < -0.3 is 10.0 Å². The molecular weight excluding hydrogens is 244 g/mol. The van der Waals surface area contributed by atoms with Gasteiger partial charge in [0.1, 0.15) is 0 Å². The number of anilines is 1. The van der Waals surface area contributed by atoms with Crippen molar-refractivity contribution in [3.8, 4) is 0 Å². The zero-order valence-electron chi connectivity index (χ0n) is 10.8. The largest absolute Gasteiger partial charge is 0.478 e. The van der Waals surface area contributed by atoms with Crippen LogP contribution in [0.3, 0.4) is 0 Å². The van der Waals surface area contributed by atoms with Crippen LogP contribution in [0.15, 0.2) is 23.3 Å². The van der Waals surface area contributed by atoms with Crippen LogP contribution in [-0.4, -0.2) is 24.2 Å². The van der Waals surface area contributed by atoms with Crippen molar-refractivity contribution in [3.63, 3.8) is 0 Å². The minimum absolute atomic E-state index is 0.194. The van der Waals surface area contributed by atoms with Gasteiger partial charge in [-0.25, -0.2) is 4.79 Å². The van der Waals surface area contributed by atoms with Crippen molar-refractivity contribution in [2.75, 3.05) is 18.0 Å². The fourth-order valence-electron chi connectivity index (χ4n) is 2.33. The van der Waals surface area contributed by atoms with Crippen molar-refractivity contribution in [2.24, 2.45) is 11.0 Å². The van der Waals surface area contributed by atoms with Crippen molar-refractivity contribution in [2.45, 2.75) is 19.8 Å². The Hall–Kier alpha value is -2.20.